The zero-order chi connectivity index (χ0) is 20.3. The van der Waals surface area contributed by atoms with Crippen LogP contribution < -0.4 is 9.47 Å². The smallest absolute Gasteiger partial charge is 0.166 e. The van der Waals surface area contributed by atoms with E-state index >= 15 is 0 Å². The molecule has 2 heterocycles. The first-order valence-corrected chi connectivity index (χ1v) is 11.4. The molecular formula is C23H25Br2NO2. The molecule has 0 aromatic heterocycles. The van der Waals surface area contributed by atoms with Crippen molar-refractivity contribution >= 4 is 37.6 Å². The van der Waals surface area contributed by atoms with Gasteiger partial charge in [0.05, 0.1) is 18.4 Å². The fourth-order valence-corrected chi connectivity index (χ4v) is 5.38. The van der Waals surface area contributed by atoms with Gasteiger partial charge in [0.25, 0.3) is 0 Å². The van der Waals surface area contributed by atoms with E-state index < -0.39 is 0 Å². The molecule has 0 spiro atoms. The number of hydrogen-bond donors (Lipinski definition) is 0. The Kier molecular flexibility index (Phi) is 4.90. The van der Waals surface area contributed by atoms with Crippen molar-refractivity contribution in [3.63, 3.8) is 0 Å². The first-order valence-electron chi connectivity index (χ1n) is 9.51. The molecule has 0 bridgehead atoms. The van der Waals surface area contributed by atoms with Gasteiger partial charge < -0.3 is 9.47 Å². The van der Waals surface area contributed by atoms with E-state index in [1.165, 1.54) is 22.3 Å². The lowest BCUT2D eigenvalue weighted by Crippen LogP contribution is -2.31. The van der Waals surface area contributed by atoms with E-state index in [0.29, 0.717) is 0 Å². The molecule has 0 aliphatic carbocycles. The fourth-order valence-electron chi connectivity index (χ4n) is 4.39. The van der Waals surface area contributed by atoms with E-state index in [1.54, 1.807) is 7.11 Å². The summed E-state index contributed by atoms with van der Waals surface area (Å²) in [5, 5.41) is 0.720. The number of halogens is 2. The molecule has 0 unspecified atom stereocenters. The zero-order valence-electron chi connectivity index (χ0n) is 17.0. The minimum atomic E-state index is -0.260. The van der Waals surface area contributed by atoms with E-state index in [1.807, 2.05) is 6.07 Å². The van der Waals surface area contributed by atoms with Gasteiger partial charge in [-0.05, 0) is 51.8 Å². The molecule has 5 heteroatoms. The second kappa shape index (κ2) is 6.88. The summed E-state index contributed by atoms with van der Waals surface area (Å²) in [7, 11) is 1.74. The van der Waals surface area contributed by atoms with Crippen molar-refractivity contribution in [2.75, 3.05) is 7.11 Å². The summed E-state index contributed by atoms with van der Waals surface area (Å²) in [6.07, 6.45) is 1.72. The van der Waals surface area contributed by atoms with Gasteiger partial charge in [-0.3, -0.25) is 4.99 Å². The summed E-state index contributed by atoms with van der Waals surface area (Å²) in [6, 6.07) is 8.40. The van der Waals surface area contributed by atoms with Crippen LogP contribution in [0.5, 0.6) is 11.5 Å². The number of fused-ring (bicyclic) bond motifs is 3. The molecule has 2 aromatic rings. The van der Waals surface area contributed by atoms with Crippen molar-refractivity contribution < 1.29 is 9.47 Å². The molecular weight excluding hydrogens is 482 g/mol. The van der Waals surface area contributed by atoms with E-state index in [4.69, 9.17) is 14.5 Å². The summed E-state index contributed by atoms with van der Waals surface area (Å²) >= 11 is 7.33. The summed E-state index contributed by atoms with van der Waals surface area (Å²) in [6.45, 7) is 8.67. The number of alkyl halides is 1. The van der Waals surface area contributed by atoms with Gasteiger partial charge in [-0.25, -0.2) is 0 Å². The topological polar surface area (TPSA) is 30.8 Å². The van der Waals surface area contributed by atoms with Crippen molar-refractivity contribution in [2.24, 2.45) is 4.99 Å². The molecule has 2 aliphatic heterocycles. The zero-order valence-corrected chi connectivity index (χ0v) is 20.1. The molecule has 28 heavy (non-hydrogen) atoms. The van der Waals surface area contributed by atoms with Crippen LogP contribution in [0.3, 0.4) is 0 Å². The number of aliphatic imine (C=N–C) groups is 1. The maximum atomic E-state index is 6.37. The molecule has 148 valence electrons. The minimum Gasteiger partial charge on any atom is -0.493 e. The third kappa shape index (κ3) is 3.30. The van der Waals surface area contributed by atoms with E-state index in [0.717, 1.165) is 45.4 Å². The highest BCUT2D eigenvalue weighted by molar-refractivity contribution is 9.10. The third-order valence-electron chi connectivity index (χ3n) is 5.40. The maximum Gasteiger partial charge on any atom is 0.166 e. The minimum absolute atomic E-state index is 0.185. The van der Waals surface area contributed by atoms with Crippen molar-refractivity contribution in [2.45, 2.75) is 57.0 Å². The van der Waals surface area contributed by atoms with Crippen molar-refractivity contribution in [3.05, 3.63) is 56.6 Å². The maximum absolute atomic E-state index is 6.37. The SMILES string of the molecule is COc1c(CBr)c2c(c3c1OC(C)(C)C3)C(c1cccc(Br)c1)=NC(C)(C)C2. The van der Waals surface area contributed by atoms with Crippen molar-refractivity contribution in [1.82, 2.24) is 0 Å². The molecule has 4 rings (SSSR count). The van der Waals surface area contributed by atoms with Crippen LogP contribution in [0.2, 0.25) is 0 Å². The Morgan fingerprint density at radius 1 is 1.14 bits per heavy atom. The number of hydrogen-bond acceptors (Lipinski definition) is 3. The third-order valence-corrected chi connectivity index (χ3v) is 6.45. The molecule has 2 aromatic carbocycles. The Balaban J connectivity index is 2.07. The Labute approximate surface area is 183 Å². The first-order chi connectivity index (χ1) is 13.2. The van der Waals surface area contributed by atoms with Gasteiger partial charge in [0, 0.05) is 38.5 Å². The van der Waals surface area contributed by atoms with Gasteiger partial charge in [0.2, 0.25) is 0 Å². The van der Waals surface area contributed by atoms with Crippen LogP contribution in [0.1, 0.15) is 55.5 Å². The Morgan fingerprint density at radius 2 is 1.89 bits per heavy atom. The summed E-state index contributed by atoms with van der Waals surface area (Å²) in [5.74, 6) is 1.74. The van der Waals surface area contributed by atoms with Crippen LogP contribution >= 0.6 is 31.9 Å². The summed E-state index contributed by atoms with van der Waals surface area (Å²) in [5.41, 5.74) is 6.67. The highest BCUT2D eigenvalue weighted by Crippen LogP contribution is 2.50. The molecule has 0 radical (unpaired) electrons. The average molecular weight is 507 g/mol. The van der Waals surface area contributed by atoms with Gasteiger partial charge >= 0.3 is 0 Å². The monoisotopic (exact) mass is 505 g/mol. The lowest BCUT2D eigenvalue weighted by molar-refractivity contribution is 0.134. The lowest BCUT2D eigenvalue weighted by Gasteiger charge is -2.33. The molecule has 0 N–H and O–H groups in total. The van der Waals surface area contributed by atoms with Crippen LogP contribution in [-0.2, 0) is 18.2 Å². The van der Waals surface area contributed by atoms with Gasteiger partial charge in [-0.1, -0.05) is 44.0 Å². The van der Waals surface area contributed by atoms with Gasteiger partial charge in [0.1, 0.15) is 5.60 Å². The predicted molar refractivity (Wildman–Crippen MR) is 122 cm³/mol. The second-order valence-corrected chi connectivity index (χ2v) is 10.3. The highest BCUT2D eigenvalue weighted by atomic mass is 79.9. The van der Waals surface area contributed by atoms with Crippen molar-refractivity contribution in [3.8, 4) is 11.5 Å². The summed E-state index contributed by atoms with van der Waals surface area (Å²) < 4.78 is 13.3. The Morgan fingerprint density at radius 3 is 2.54 bits per heavy atom. The molecule has 0 saturated heterocycles. The number of nitrogens with zero attached hydrogens (tertiary/aromatic N) is 1. The molecule has 0 fully saturated rings. The lowest BCUT2D eigenvalue weighted by atomic mass is 9.79. The number of benzene rings is 2. The van der Waals surface area contributed by atoms with E-state index in [-0.39, 0.29) is 11.1 Å². The normalized spacial score (nSPS) is 18.8. The standard InChI is InChI=1S/C23H25Br2NO2/c1-22(2)10-15-17(12-24)20(27-5)21-16(11-23(3,4)28-21)18(15)19(26-22)13-7-6-8-14(25)9-13/h6-9H,10-12H2,1-5H3. The molecule has 0 saturated carbocycles. The second-order valence-electron chi connectivity index (χ2n) is 8.81. The summed E-state index contributed by atoms with van der Waals surface area (Å²) in [4.78, 5) is 5.21. The van der Waals surface area contributed by atoms with Crippen LogP contribution in [-0.4, -0.2) is 24.0 Å². The first kappa shape index (κ1) is 20.0. The number of methoxy groups -OCH3 is 1. The van der Waals surface area contributed by atoms with Crippen LogP contribution in [0.4, 0.5) is 0 Å². The van der Waals surface area contributed by atoms with Gasteiger partial charge in [0.15, 0.2) is 11.5 Å². The van der Waals surface area contributed by atoms with Gasteiger partial charge in [-0.2, -0.15) is 0 Å². The fraction of sp³-hybridized carbons (Fsp3) is 0.435. The molecule has 0 amide bonds. The van der Waals surface area contributed by atoms with Crippen LogP contribution in [0, 0.1) is 0 Å². The van der Waals surface area contributed by atoms with Gasteiger partial charge in [-0.15, -0.1) is 0 Å². The Hall–Kier alpha value is -1.33. The Bertz CT molecular complexity index is 993. The van der Waals surface area contributed by atoms with E-state index in [9.17, 15) is 0 Å². The largest absolute Gasteiger partial charge is 0.493 e. The van der Waals surface area contributed by atoms with E-state index in [2.05, 4.69) is 77.8 Å². The highest BCUT2D eigenvalue weighted by Gasteiger charge is 2.41. The van der Waals surface area contributed by atoms with Crippen LogP contribution in [0.15, 0.2) is 33.7 Å². The van der Waals surface area contributed by atoms with Crippen molar-refractivity contribution in [1.29, 1.82) is 0 Å². The molecule has 3 nitrogen and oxygen atoms in total. The number of ether oxygens (including phenoxy) is 2. The van der Waals surface area contributed by atoms with Crippen LogP contribution in [0.25, 0.3) is 0 Å². The number of rotatable bonds is 3. The predicted octanol–water partition coefficient (Wildman–Crippen LogP) is 6.24. The molecule has 2 aliphatic rings. The molecule has 0 atom stereocenters. The average Bonchev–Trinajstić information content (AvgIpc) is 2.93. The quantitative estimate of drug-likeness (QED) is 0.461.